The van der Waals surface area contributed by atoms with Crippen LogP contribution in [0.3, 0.4) is 0 Å². The second kappa shape index (κ2) is 10.1. The molecule has 3 aromatic rings. The van der Waals surface area contributed by atoms with Gasteiger partial charge in [-0.1, -0.05) is 6.07 Å². The van der Waals surface area contributed by atoms with Gasteiger partial charge in [-0.3, -0.25) is 9.36 Å². The van der Waals surface area contributed by atoms with Crippen LogP contribution in [0.4, 0.5) is 5.82 Å². The second-order valence-electron chi connectivity index (χ2n) is 7.22. The molecule has 10 heteroatoms. The van der Waals surface area contributed by atoms with Gasteiger partial charge in [0.2, 0.25) is 5.95 Å². The van der Waals surface area contributed by atoms with Crippen LogP contribution in [0, 0.1) is 0 Å². The van der Waals surface area contributed by atoms with Crippen LogP contribution in [0.1, 0.15) is 5.56 Å². The Labute approximate surface area is 186 Å². The number of carbonyl (C=O) groups excluding carboxylic acids is 1. The van der Waals surface area contributed by atoms with Gasteiger partial charge in [0.05, 0.1) is 27.4 Å². The van der Waals surface area contributed by atoms with E-state index in [9.17, 15) is 4.79 Å². The van der Waals surface area contributed by atoms with E-state index in [2.05, 4.69) is 20.3 Å². The summed E-state index contributed by atoms with van der Waals surface area (Å²) in [5.41, 5.74) is 1.04. The third-order valence-corrected chi connectivity index (χ3v) is 5.21. The first-order valence-corrected chi connectivity index (χ1v) is 10.3. The molecule has 4 rings (SSSR count). The topological polar surface area (TPSA) is 104 Å². The van der Waals surface area contributed by atoms with Crippen LogP contribution in [0.25, 0.3) is 5.95 Å². The molecule has 10 nitrogen and oxygen atoms in total. The van der Waals surface area contributed by atoms with E-state index in [1.165, 1.54) is 0 Å². The molecule has 0 aliphatic carbocycles. The Morgan fingerprint density at radius 3 is 2.88 bits per heavy atom. The fourth-order valence-electron chi connectivity index (χ4n) is 3.51. The Morgan fingerprint density at radius 2 is 2.09 bits per heavy atom. The van der Waals surface area contributed by atoms with E-state index in [4.69, 9.17) is 14.2 Å². The molecule has 1 N–H and O–H groups in total. The lowest BCUT2D eigenvalue weighted by molar-refractivity contribution is -0.133. The summed E-state index contributed by atoms with van der Waals surface area (Å²) in [7, 11) is 3.21. The number of anilines is 1. The molecule has 168 valence electrons. The van der Waals surface area contributed by atoms with Gasteiger partial charge in [-0.25, -0.2) is 9.97 Å². The Hall–Kier alpha value is -3.66. The maximum atomic E-state index is 12.7. The molecule has 1 fully saturated rings. The Balaban J connectivity index is 1.33. The number of nitrogens with one attached hydrogen (secondary N) is 1. The summed E-state index contributed by atoms with van der Waals surface area (Å²) in [5, 5.41) is 2.96. The van der Waals surface area contributed by atoms with Crippen LogP contribution in [0.2, 0.25) is 0 Å². The van der Waals surface area contributed by atoms with Gasteiger partial charge >= 0.3 is 0 Å². The van der Waals surface area contributed by atoms with E-state index < -0.39 is 6.10 Å². The van der Waals surface area contributed by atoms with E-state index >= 15 is 0 Å². The number of carbonyl (C=O) groups is 1. The smallest absolute Gasteiger partial charge is 0.250 e. The van der Waals surface area contributed by atoms with Gasteiger partial charge in [-0.2, -0.15) is 4.98 Å². The number of imidazole rings is 1. The average molecular weight is 438 g/mol. The van der Waals surface area contributed by atoms with Crippen LogP contribution in [0.15, 0.2) is 49.2 Å². The Morgan fingerprint density at radius 1 is 1.22 bits per heavy atom. The number of morpholine rings is 1. The standard InChI is InChI=1S/C22H26N6O4/c1-30-17-4-3-16(13-18(17)31-2)5-7-24-21(29)19-14-27(11-12-32-19)20-6-8-25-22(26-20)28-10-9-23-15-28/h3-4,6,8-10,13,15,19H,5,7,11-12,14H2,1-2H3,(H,24,29). The number of rotatable bonds is 8. The molecular formula is C22H26N6O4. The summed E-state index contributed by atoms with van der Waals surface area (Å²) in [5.74, 6) is 2.48. The fourth-order valence-corrected chi connectivity index (χ4v) is 3.51. The summed E-state index contributed by atoms with van der Waals surface area (Å²) in [6.45, 7) is 2.00. The number of hydrogen-bond donors (Lipinski definition) is 1. The van der Waals surface area contributed by atoms with Gasteiger partial charge in [0.15, 0.2) is 17.6 Å². The first-order valence-electron chi connectivity index (χ1n) is 10.3. The minimum Gasteiger partial charge on any atom is -0.493 e. The molecule has 1 aliphatic rings. The molecule has 2 aromatic heterocycles. The quantitative estimate of drug-likeness (QED) is 0.560. The predicted octanol–water partition coefficient (Wildman–Crippen LogP) is 1.24. The van der Waals surface area contributed by atoms with Crippen molar-refractivity contribution in [2.24, 2.45) is 0 Å². The zero-order valence-electron chi connectivity index (χ0n) is 18.1. The zero-order chi connectivity index (χ0) is 22.3. The minimum absolute atomic E-state index is 0.140. The van der Waals surface area contributed by atoms with E-state index in [-0.39, 0.29) is 5.91 Å². The largest absolute Gasteiger partial charge is 0.493 e. The lowest BCUT2D eigenvalue weighted by Crippen LogP contribution is -2.50. The molecular weight excluding hydrogens is 412 g/mol. The van der Waals surface area contributed by atoms with Crippen molar-refractivity contribution < 1.29 is 19.0 Å². The normalized spacial score (nSPS) is 15.9. The number of aromatic nitrogens is 4. The molecule has 0 saturated carbocycles. The summed E-state index contributed by atoms with van der Waals surface area (Å²) >= 11 is 0. The highest BCUT2D eigenvalue weighted by molar-refractivity contribution is 5.81. The number of methoxy groups -OCH3 is 2. The molecule has 1 aromatic carbocycles. The van der Waals surface area contributed by atoms with Crippen LogP contribution in [-0.4, -0.2) is 72.0 Å². The Bertz CT molecular complexity index is 1040. The summed E-state index contributed by atoms with van der Waals surface area (Å²) < 4.78 is 18.0. The summed E-state index contributed by atoms with van der Waals surface area (Å²) in [6.07, 6.45) is 6.90. The van der Waals surface area contributed by atoms with Gasteiger partial charge in [-0.05, 0) is 30.2 Å². The van der Waals surface area contributed by atoms with Crippen molar-refractivity contribution in [1.82, 2.24) is 24.8 Å². The lowest BCUT2D eigenvalue weighted by atomic mass is 10.1. The highest BCUT2D eigenvalue weighted by Gasteiger charge is 2.27. The number of ether oxygens (including phenoxy) is 3. The minimum atomic E-state index is -0.569. The molecule has 0 bridgehead atoms. The van der Waals surface area contributed by atoms with E-state index in [0.29, 0.717) is 50.1 Å². The van der Waals surface area contributed by atoms with Gasteiger partial charge in [0.1, 0.15) is 12.1 Å². The second-order valence-corrected chi connectivity index (χ2v) is 7.22. The Kier molecular flexibility index (Phi) is 6.81. The van der Waals surface area contributed by atoms with Gasteiger partial charge < -0.3 is 24.4 Å². The van der Waals surface area contributed by atoms with Crippen molar-refractivity contribution >= 4 is 11.7 Å². The molecule has 1 unspecified atom stereocenters. The fraction of sp³-hybridized carbons (Fsp3) is 0.364. The van der Waals surface area contributed by atoms with Crippen LogP contribution in [0.5, 0.6) is 11.5 Å². The molecule has 0 radical (unpaired) electrons. The van der Waals surface area contributed by atoms with Gasteiger partial charge in [0.25, 0.3) is 5.91 Å². The molecule has 1 saturated heterocycles. The highest BCUT2D eigenvalue weighted by atomic mass is 16.5. The van der Waals surface area contributed by atoms with Crippen molar-refractivity contribution in [3.8, 4) is 17.4 Å². The molecule has 1 atom stereocenters. The number of benzene rings is 1. The van der Waals surface area contributed by atoms with Crippen molar-refractivity contribution in [3.63, 3.8) is 0 Å². The summed E-state index contributed by atoms with van der Waals surface area (Å²) in [4.78, 5) is 27.6. The van der Waals surface area contributed by atoms with Crippen molar-refractivity contribution in [1.29, 1.82) is 0 Å². The SMILES string of the molecule is COc1ccc(CCNC(=O)C2CN(c3ccnc(-n4ccnc4)n3)CCO2)cc1OC. The maximum absolute atomic E-state index is 12.7. The number of amides is 1. The van der Waals surface area contributed by atoms with Crippen molar-refractivity contribution in [2.45, 2.75) is 12.5 Å². The lowest BCUT2D eigenvalue weighted by Gasteiger charge is -2.33. The number of hydrogen-bond acceptors (Lipinski definition) is 8. The predicted molar refractivity (Wildman–Crippen MR) is 117 cm³/mol. The van der Waals surface area contributed by atoms with E-state index in [0.717, 1.165) is 11.4 Å². The third-order valence-electron chi connectivity index (χ3n) is 5.21. The van der Waals surface area contributed by atoms with E-state index in [1.807, 2.05) is 29.2 Å². The number of nitrogens with zero attached hydrogens (tertiary/aromatic N) is 5. The molecule has 1 aliphatic heterocycles. The van der Waals surface area contributed by atoms with Crippen LogP contribution in [-0.2, 0) is 16.0 Å². The summed E-state index contributed by atoms with van der Waals surface area (Å²) in [6, 6.07) is 7.56. The molecule has 3 heterocycles. The average Bonchev–Trinajstić information content (AvgIpc) is 3.39. The van der Waals surface area contributed by atoms with Gasteiger partial charge in [-0.15, -0.1) is 0 Å². The van der Waals surface area contributed by atoms with E-state index in [1.54, 1.807) is 43.7 Å². The molecule has 1 amide bonds. The van der Waals surface area contributed by atoms with Crippen molar-refractivity contribution in [3.05, 3.63) is 54.7 Å². The third kappa shape index (κ3) is 4.97. The van der Waals surface area contributed by atoms with Gasteiger partial charge in [0, 0.05) is 31.7 Å². The van der Waals surface area contributed by atoms with Crippen LogP contribution < -0.4 is 19.7 Å². The first kappa shape index (κ1) is 21.6. The molecule has 32 heavy (non-hydrogen) atoms. The monoisotopic (exact) mass is 438 g/mol. The maximum Gasteiger partial charge on any atom is 0.250 e. The zero-order valence-corrected chi connectivity index (χ0v) is 18.1. The molecule has 0 spiro atoms. The first-order chi connectivity index (χ1) is 15.7. The van der Waals surface area contributed by atoms with Crippen molar-refractivity contribution in [2.75, 3.05) is 45.4 Å². The van der Waals surface area contributed by atoms with Crippen LogP contribution >= 0.6 is 0 Å². The highest BCUT2D eigenvalue weighted by Crippen LogP contribution is 2.27.